The number of aliphatic hydroxyl groups is 3. The van der Waals surface area contributed by atoms with E-state index in [1.807, 2.05) is 6.92 Å². The predicted octanol–water partition coefficient (Wildman–Crippen LogP) is 3.70. The molecule has 1 aliphatic rings. The van der Waals surface area contributed by atoms with Crippen molar-refractivity contribution in [1.29, 1.82) is 0 Å². The van der Waals surface area contributed by atoms with E-state index in [2.05, 4.69) is 5.32 Å². The van der Waals surface area contributed by atoms with Gasteiger partial charge in [-0.15, -0.1) is 0 Å². The maximum Gasteiger partial charge on any atom is 0.405 e. The number of carbonyl (C=O) groups is 2. The summed E-state index contributed by atoms with van der Waals surface area (Å²) in [6.45, 7) is 6.58. The Kier molecular flexibility index (Phi) is 11.7. The van der Waals surface area contributed by atoms with E-state index in [0.717, 1.165) is 0 Å². The average Bonchev–Trinajstić information content (AvgIpc) is 2.84. The number of ether oxygens (including phenoxy) is 1. The molecule has 6 N–H and O–H groups in total. The van der Waals surface area contributed by atoms with Gasteiger partial charge in [0.05, 0.1) is 6.10 Å². The van der Waals surface area contributed by atoms with Crippen LogP contribution in [0.4, 0.5) is 14.9 Å². The molecule has 0 aromatic heterocycles. The first kappa shape index (κ1) is 30.5. The summed E-state index contributed by atoms with van der Waals surface area (Å²) in [7, 11) is 0. The van der Waals surface area contributed by atoms with Gasteiger partial charge in [0.15, 0.2) is 0 Å². The molecule has 0 spiro atoms. The highest BCUT2D eigenvalue weighted by molar-refractivity contribution is 6.03. The Bertz CT molecular complexity index is 995. The number of nitrogens with one attached hydrogen (secondary N) is 1. The fraction of sp³-hybridized carbons (Fsp3) is 0.571. The Morgan fingerprint density at radius 3 is 2.49 bits per heavy atom. The van der Waals surface area contributed by atoms with Crippen LogP contribution in [0.15, 0.2) is 41.5 Å². The first-order valence-electron chi connectivity index (χ1n) is 12.8. The highest BCUT2D eigenvalue weighted by atomic mass is 19.1. The van der Waals surface area contributed by atoms with E-state index in [4.69, 9.17) is 10.5 Å². The standard InChI is InChI=1S/C28H41FN2O6/c1-16-10-21-13-23(8-9-24(21)29)31-27(35)17(2)6-5-7-20(14-32)26(37-28(30)36)19(4)12-18(3)25(34)22(11-16)15-33/h6,8-9,12-13,16,18,20,22,25-26,32-34H,5,7,10-11,14-15H2,1-4H3,(H2,30,36)(H,31,35)/b17-6+,19-12+/t16-,18+,20-,22-,25-,26+/m1/s1. The Morgan fingerprint density at radius 2 is 1.86 bits per heavy atom. The zero-order valence-corrected chi connectivity index (χ0v) is 22.1. The van der Waals surface area contributed by atoms with Crippen LogP contribution < -0.4 is 11.1 Å². The number of hydrogen-bond acceptors (Lipinski definition) is 6. The monoisotopic (exact) mass is 520 g/mol. The number of halogens is 1. The maximum atomic E-state index is 14.6. The second-order valence-electron chi connectivity index (χ2n) is 10.3. The molecule has 1 heterocycles. The Hall–Kier alpha value is -2.75. The topological polar surface area (TPSA) is 142 Å². The van der Waals surface area contributed by atoms with Gasteiger partial charge in [-0.05, 0) is 74.8 Å². The van der Waals surface area contributed by atoms with Crippen molar-refractivity contribution in [2.24, 2.45) is 29.4 Å². The molecule has 37 heavy (non-hydrogen) atoms. The molecule has 0 unspecified atom stereocenters. The number of aliphatic hydroxyl groups excluding tert-OH is 3. The van der Waals surface area contributed by atoms with Crippen LogP contribution in [0, 0.1) is 29.5 Å². The van der Waals surface area contributed by atoms with Crippen LogP contribution in [-0.4, -0.2) is 52.7 Å². The third kappa shape index (κ3) is 8.94. The largest absolute Gasteiger partial charge is 0.441 e. The molecule has 0 radical (unpaired) electrons. The molecule has 6 atom stereocenters. The number of hydrogen-bond donors (Lipinski definition) is 5. The summed E-state index contributed by atoms with van der Waals surface area (Å²) in [5, 5.41) is 33.9. The van der Waals surface area contributed by atoms with Crippen LogP contribution >= 0.6 is 0 Å². The summed E-state index contributed by atoms with van der Waals surface area (Å²) in [6, 6.07) is 4.43. The van der Waals surface area contributed by atoms with Gasteiger partial charge in [0.2, 0.25) is 0 Å². The van der Waals surface area contributed by atoms with Gasteiger partial charge in [0.25, 0.3) is 5.91 Å². The fourth-order valence-corrected chi connectivity index (χ4v) is 5.00. The van der Waals surface area contributed by atoms with E-state index in [0.29, 0.717) is 48.1 Å². The van der Waals surface area contributed by atoms with Crippen LogP contribution in [0.3, 0.4) is 0 Å². The Balaban J connectivity index is 2.47. The quantitative estimate of drug-likeness (QED) is 0.385. The zero-order chi connectivity index (χ0) is 27.7. The summed E-state index contributed by atoms with van der Waals surface area (Å²) in [5.74, 6) is -2.16. The lowest BCUT2D eigenvalue weighted by Crippen LogP contribution is -2.34. The van der Waals surface area contributed by atoms with Crippen molar-refractivity contribution in [2.45, 2.75) is 65.6 Å². The van der Waals surface area contributed by atoms with Gasteiger partial charge in [-0.1, -0.05) is 26.0 Å². The minimum absolute atomic E-state index is 0.0713. The molecule has 206 valence electrons. The molecule has 9 heteroatoms. The number of primary amides is 1. The van der Waals surface area contributed by atoms with Crippen molar-refractivity contribution in [1.82, 2.24) is 0 Å². The molecule has 2 bridgehead atoms. The molecule has 1 aromatic carbocycles. The number of anilines is 1. The molecule has 2 rings (SSSR count). The van der Waals surface area contributed by atoms with E-state index < -0.39 is 36.1 Å². The van der Waals surface area contributed by atoms with E-state index in [-0.39, 0.29) is 30.9 Å². The van der Waals surface area contributed by atoms with Crippen molar-refractivity contribution in [2.75, 3.05) is 18.5 Å². The number of fused-ring (bicyclic) bond motifs is 2. The highest BCUT2D eigenvalue weighted by Crippen LogP contribution is 2.29. The number of benzene rings is 1. The van der Waals surface area contributed by atoms with Gasteiger partial charge in [0.1, 0.15) is 11.9 Å². The molecule has 0 fully saturated rings. The lowest BCUT2D eigenvalue weighted by Gasteiger charge is -2.29. The van der Waals surface area contributed by atoms with Gasteiger partial charge in [-0.2, -0.15) is 0 Å². The number of nitrogens with two attached hydrogens (primary N) is 1. The van der Waals surface area contributed by atoms with Crippen molar-refractivity contribution >= 4 is 17.7 Å². The number of rotatable bonds is 3. The SMILES string of the molecule is C/C1=C\CC[C@H](CO)[C@@H](OC(N)=O)/C(C)=C/[C@H](C)[C@@H](O)[C@@H](CO)C[C@H](C)Cc2cc(ccc2F)NC1=O. The lowest BCUT2D eigenvalue weighted by atomic mass is 9.82. The van der Waals surface area contributed by atoms with E-state index >= 15 is 0 Å². The Labute approximate surface area is 218 Å². The first-order valence-corrected chi connectivity index (χ1v) is 12.8. The van der Waals surface area contributed by atoms with Crippen LogP contribution in [-0.2, 0) is 16.0 Å². The lowest BCUT2D eigenvalue weighted by molar-refractivity contribution is -0.112. The molecule has 0 saturated heterocycles. The Morgan fingerprint density at radius 1 is 1.19 bits per heavy atom. The second-order valence-corrected chi connectivity index (χ2v) is 10.3. The average molecular weight is 521 g/mol. The number of carbonyl (C=O) groups excluding carboxylic acids is 2. The number of allylic oxidation sites excluding steroid dienone is 1. The van der Waals surface area contributed by atoms with Crippen LogP contribution in [0.1, 0.15) is 52.5 Å². The van der Waals surface area contributed by atoms with Crippen LogP contribution in [0.5, 0.6) is 0 Å². The van der Waals surface area contributed by atoms with Crippen LogP contribution in [0.2, 0.25) is 0 Å². The van der Waals surface area contributed by atoms with Gasteiger partial charge in [-0.25, -0.2) is 9.18 Å². The van der Waals surface area contributed by atoms with Gasteiger partial charge < -0.3 is 31.1 Å². The molecule has 1 aliphatic heterocycles. The van der Waals surface area contributed by atoms with E-state index in [9.17, 15) is 29.3 Å². The molecule has 1 aromatic rings. The third-order valence-electron chi connectivity index (χ3n) is 7.06. The van der Waals surface area contributed by atoms with Crippen molar-refractivity contribution in [3.8, 4) is 0 Å². The van der Waals surface area contributed by atoms with E-state index in [1.165, 1.54) is 12.1 Å². The van der Waals surface area contributed by atoms with Crippen LogP contribution in [0.25, 0.3) is 0 Å². The predicted molar refractivity (Wildman–Crippen MR) is 140 cm³/mol. The second kappa shape index (κ2) is 14.3. The van der Waals surface area contributed by atoms with Crippen molar-refractivity contribution in [3.63, 3.8) is 0 Å². The maximum absolute atomic E-state index is 14.6. The van der Waals surface area contributed by atoms with Gasteiger partial charge >= 0.3 is 6.09 Å². The summed E-state index contributed by atoms with van der Waals surface area (Å²) < 4.78 is 19.9. The minimum atomic E-state index is -0.982. The molecule has 0 aliphatic carbocycles. The summed E-state index contributed by atoms with van der Waals surface area (Å²) in [6.07, 6.45) is 2.41. The molecule has 2 amide bonds. The van der Waals surface area contributed by atoms with Crippen molar-refractivity contribution in [3.05, 3.63) is 52.9 Å². The van der Waals surface area contributed by atoms with Gasteiger partial charge in [-0.3, -0.25) is 4.79 Å². The minimum Gasteiger partial charge on any atom is -0.441 e. The normalized spacial score (nSPS) is 31.4. The molecule has 8 nitrogen and oxygen atoms in total. The summed E-state index contributed by atoms with van der Waals surface area (Å²) in [4.78, 5) is 24.3. The smallest absolute Gasteiger partial charge is 0.405 e. The molecular weight excluding hydrogens is 479 g/mol. The first-order chi connectivity index (χ1) is 17.5. The van der Waals surface area contributed by atoms with E-state index in [1.54, 1.807) is 39.0 Å². The third-order valence-corrected chi connectivity index (χ3v) is 7.06. The molecular formula is C28H41FN2O6. The fourth-order valence-electron chi connectivity index (χ4n) is 5.00. The number of amides is 2. The summed E-state index contributed by atoms with van der Waals surface area (Å²) in [5.41, 5.74) is 7.28. The molecule has 0 saturated carbocycles. The zero-order valence-electron chi connectivity index (χ0n) is 22.1. The summed E-state index contributed by atoms with van der Waals surface area (Å²) >= 11 is 0. The van der Waals surface area contributed by atoms with Crippen molar-refractivity contribution < 1.29 is 34.0 Å². The van der Waals surface area contributed by atoms with Gasteiger partial charge in [0, 0.05) is 42.2 Å². The highest BCUT2D eigenvalue weighted by Gasteiger charge is 2.29.